The van der Waals surface area contributed by atoms with Crippen LogP contribution in [-0.2, 0) is 9.53 Å². The van der Waals surface area contributed by atoms with E-state index >= 15 is 0 Å². The fourth-order valence-electron chi connectivity index (χ4n) is 1.98. The molecular formula is C16H12Cl2N2O6. The number of benzene rings is 2. The van der Waals surface area contributed by atoms with E-state index in [0.717, 1.165) is 0 Å². The van der Waals surface area contributed by atoms with E-state index in [0.29, 0.717) is 0 Å². The molecule has 0 unspecified atom stereocenters. The Labute approximate surface area is 157 Å². The number of amides is 1. The van der Waals surface area contributed by atoms with Gasteiger partial charge in [0.15, 0.2) is 12.4 Å². The summed E-state index contributed by atoms with van der Waals surface area (Å²) in [7, 11) is 1.38. The van der Waals surface area contributed by atoms with Gasteiger partial charge in [0, 0.05) is 17.8 Å². The van der Waals surface area contributed by atoms with Crippen LogP contribution in [0.15, 0.2) is 36.4 Å². The number of ether oxygens (including phenoxy) is 2. The number of rotatable bonds is 6. The third-order valence-corrected chi connectivity index (χ3v) is 3.67. The number of nitro benzene ring substituents is 1. The number of carbonyl (C=O) groups is 2. The lowest BCUT2D eigenvalue weighted by molar-refractivity contribution is -0.384. The minimum atomic E-state index is -0.814. The maximum atomic E-state index is 12.0. The van der Waals surface area contributed by atoms with Crippen LogP contribution < -0.4 is 10.1 Å². The standard InChI is InChI=1S/C16H12Cl2N2O6/c1-25-15-12(17)5-9(6-13(15)18)16(22)26-8-14(21)19-10-3-2-4-11(7-10)20(23)24/h2-7H,8H2,1H3,(H,19,21). The lowest BCUT2D eigenvalue weighted by atomic mass is 10.2. The number of nitrogens with zero attached hydrogens (tertiary/aromatic N) is 1. The molecule has 2 aromatic rings. The van der Waals surface area contributed by atoms with Crippen LogP contribution in [0.2, 0.25) is 10.0 Å². The summed E-state index contributed by atoms with van der Waals surface area (Å²) >= 11 is 11.9. The van der Waals surface area contributed by atoms with Gasteiger partial charge in [-0.05, 0) is 18.2 Å². The summed E-state index contributed by atoms with van der Waals surface area (Å²) in [6, 6.07) is 7.95. The average molecular weight is 399 g/mol. The molecule has 0 aliphatic carbocycles. The molecular weight excluding hydrogens is 387 g/mol. The molecule has 0 radical (unpaired) electrons. The van der Waals surface area contributed by atoms with E-state index in [1.54, 1.807) is 0 Å². The van der Waals surface area contributed by atoms with Gasteiger partial charge in [-0.25, -0.2) is 4.79 Å². The molecule has 0 heterocycles. The lowest BCUT2D eigenvalue weighted by Gasteiger charge is -2.09. The fraction of sp³-hybridized carbons (Fsp3) is 0.125. The van der Waals surface area contributed by atoms with Gasteiger partial charge >= 0.3 is 5.97 Å². The third kappa shape index (κ3) is 4.84. The Morgan fingerprint density at radius 2 is 1.85 bits per heavy atom. The number of carbonyl (C=O) groups excluding carboxylic acids is 2. The van der Waals surface area contributed by atoms with E-state index in [4.69, 9.17) is 32.7 Å². The van der Waals surface area contributed by atoms with E-state index in [2.05, 4.69) is 5.32 Å². The number of hydrogen-bond acceptors (Lipinski definition) is 6. The molecule has 8 nitrogen and oxygen atoms in total. The Hall–Kier alpha value is -2.84. The van der Waals surface area contributed by atoms with E-state index in [1.807, 2.05) is 0 Å². The van der Waals surface area contributed by atoms with Crippen LogP contribution in [0.3, 0.4) is 0 Å². The Kier molecular flexibility index (Phi) is 6.37. The number of esters is 1. The van der Waals surface area contributed by atoms with Gasteiger partial charge in [0.05, 0.1) is 27.6 Å². The molecule has 2 aromatic carbocycles. The first-order valence-corrected chi connectivity index (χ1v) is 7.82. The fourth-order valence-corrected chi connectivity index (χ4v) is 2.62. The molecule has 0 saturated carbocycles. The Morgan fingerprint density at radius 3 is 2.42 bits per heavy atom. The summed E-state index contributed by atoms with van der Waals surface area (Å²) in [5, 5.41) is 13.3. The molecule has 0 spiro atoms. The average Bonchev–Trinajstić information content (AvgIpc) is 2.59. The first kappa shape index (κ1) is 19.5. The second-order valence-corrected chi connectivity index (χ2v) is 5.72. The van der Waals surface area contributed by atoms with Crippen LogP contribution in [0.5, 0.6) is 5.75 Å². The highest BCUT2D eigenvalue weighted by Gasteiger charge is 2.16. The second kappa shape index (κ2) is 8.50. The topological polar surface area (TPSA) is 108 Å². The highest BCUT2D eigenvalue weighted by Crippen LogP contribution is 2.34. The minimum Gasteiger partial charge on any atom is -0.494 e. The van der Waals surface area contributed by atoms with Crippen molar-refractivity contribution in [2.24, 2.45) is 0 Å². The number of methoxy groups -OCH3 is 1. The molecule has 26 heavy (non-hydrogen) atoms. The number of nitro groups is 1. The van der Waals surface area contributed by atoms with Gasteiger partial charge in [-0.3, -0.25) is 14.9 Å². The SMILES string of the molecule is COc1c(Cl)cc(C(=O)OCC(=O)Nc2cccc([N+](=O)[O-])c2)cc1Cl. The van der Waals surface area contributed by atoms with E-state index in [-0.39, 0.29) is 32.7 Å². The summed E-state index contributed by atoms with van der Waals surface area (Å²) in [5.74, 6) is -1.26. The molecule has 136 valence electrons. The molecule has 0 aliphatic rings. The summed E-state index contributed by atoms with van der Waals surface area (Å²) in [5.41, 5.74) is 0.0713. The van der Waals surface area contributed by atoms with Crippen molar-refractivity contribution in [3.05, 3.63) is 62.1 Å². The van der Waals surface area contributed by atoms with Crippen molar-refractivity contribution in [2.45, 2.75) is 0 Å². The van der Waals surface area contributed by atoms with Gasteiger partial charge in [-0.15, -0.1) is 0 Å². The van der Waals surface area contributed by atoms with Crippen LogP contribution in [0.25, 0.3) is 0 Å². The van der Waals surface area contributed by atoms with Crippen LogP contribution in [0, 0.1) is 10.1 Å². The molecule has 0 saturated heterocycles. The lowest BCUT2D eigenvalue weighted by Crippen LogP contribution is -2.21. The normalized spacial score (nSPS) is 10.1. The van der Waals surface area contributed by atoms with E-state index < -0.39 is 23.4 Å². The molecule has 0 bridgehead atoms. The van der Waals surface area contributed by atoms with Gasteiger partial charge in [-0.1, -0.05) is 29.3 Å². The van der Waals surface area contributed by atoms with Gasteiger partial charge in [0.25, 0.3) is 11.6 Å². The number of anilines is 1. The smallest absolute Gasteiger partial charge is 0.338 e. The number of halogens is 2. The van der Waals surface area contributed by atoms with Crippen molar-refractivity contribution in [2.75, 3.05) is 19.0 Å². The summed E-state index contributed by atoms with van der Waals surface area (Å²) in [6.07, 6.45) is 0. The zero-order chi connectivity index (χ0) is 19.3. The number of hydrogen-bond donors (Lipinski definition) is 1. The Bertz CT molecular complexity index is 849. The third-order valence-electron chi connectivity index (χ3n) is 3.11. The van der Waals surface area contributed by atoms with Crippen LogP contribution >= 0.6 is 23.2 Å². The maximum absolute atomic E-state index is 12.0. The van der Waals surface area contributed by atoms with E-state index in [1.165, 1.54) is 43.5 Å². The van der Waals surface area contributed by atoms with Crippen molar-refractivity contribution in [1.82, 2.24) is 0 Å². The minimum absolute atomic E-state index is 0.0453. The maximum Gasteiger partial charge on any atom is 0.338 e. The molecule has 1 amide bonds. The molecule has 0 fully saturated rings. The van der Waals surface area contributed by atoms with Gasteiger partial charge in [-0.2, -0.15) is 0 Å². The number of non-ortho nitro benzene ring substituents is 1. The predicted molar refractivity (Wildman–Crippen MR) is 95.0 cm³/mol. The zero-order valence-corrected chi connectivity index (χ0v) is 14.8. The van der Waals surface area contributed by atoms with Crippen LogP contribution in [0.1, 0.15) is 10.4 Å². The van der Waals surface area contributed by atoms with Crippen molar-refractivity contribution in [3.8, 4) is 5.75 Å². The van der Waals surface area contributed by atoms with E-state index in [9.17, 15) is 19.7 Å². The molecule has 0 aliphatic heterocycles. The first-order valence-electron chi connectivity index (χ1n) is 7.06. The van der Waals surface area contributed by atoms with Crippen LogP contribution in [0.4, 0.5) is 11.4 Å². The molecule has 0 atom stereocenters. The highest BCUT2D eigenvalue weighted by atomic mass is 35.5. The van der Waals surface area contributed by atoms with Crippen molar-refractivity contribution < 1.29 is 24.0 Å². The quantitative estimate of drug-likeness (QED) is 0.451. The first-order chi connectivity index (χ1) is 12.3. The zero-order valence-electron chi connectivity index (χ0n) is 13.3. The Morgan fingerprint density at radius 1 is 1.19 bits per heavy atom. The summed E-state index contributed by atoms with van der Waals surface area (Å²) in [6.45, 7) is -0.594. The highest BCUT2D eigenvalue weighted by molar-refractivity contribution is 6.37. The molecule has 0 aromatic heterocycles. The monoisotopic (exact) mass is 398 g/mol. The van der Waals surface area contributed by atoms with Crippen molar-refractivity contribution in [3.63, 3.8) is 0 Å². The molecule has 2 rings (SSSR count). The van der Waals surface area contributed by atoms with Gasteiger partial charge in [0.2, 0.25) is 0 Å². The van der Waals surface area contributed by atoms with Gasteiger partial charge in [0.1, 0.15) is 0 Å². The largest absolute Gasteiger partial charge is 0.494 e. The predicted octanol–water partition coefficient (Wildman–Crippen LogP) is 3.71. The Balaban J connectivity index is 1.98. The number of nitrogens with one attached hydrogen (secondary N) is 1. The molecule has 10 heteroatoms. The second-order valence-electron chi connectivity index (χ2n) is 4.90. The van der Waals surface area contributed by atoms with Crippen molar-refractivity contribution >= 4 is 46.5 Å². The summed E-state index contributed by atoms with van der Waals surface area (Å²) < 4.78 is 9.85. The molecule has 1 N–H and O–H groups in total. The van der Waals surface area contributed by atoms with Crippen LogP contribution in [-0.4, -0.2) is 30.5 Å². The van der Waals surface area contributed by atoms with Gasteiger partial charge < -0.3 is 14.8 Å². The van der Waals surface area contributed by atoms with Crippen molar-refractivity contribution in [1.29, 1.82) is 0 Å². The summed E-state index contributed by atoms with van der Waals surface area (Å²) in [4.78, 5) is 33.9.